The number of carbonyl (C=O) groups is 2. The average molecular weight is 375 g/mol. The number of hydrogen-bond acceptors (Lipinski definition) is 5. The second-order valence-corrected chi connectivity index (χ2v) is 8.35. The number of ketones is 1. The quantitative estimate of drug-likeness (QED) is 0.403. The minimum Gasteiger partial charge on any atom is -0.481 e. The molecule has 25 heavy (non-hydrogen) atoms. The van der Waals surface area contributed by atoms with Crippen molar-refractivity contribution in [2.75, 3.05) is 5.75 Å². The van der Waals surface area contributed by atoms with Crippen LogP contribution in [0, 0.1) is 5.92 Å². The fraction of sp³-hybridized carbons (Fsp3) is 0.895. The summed E-state index contributed by atoms with van der Waals surface area (Å²) in [6.07, 6.45) is 7.63. The second-order valence-electron chi connectivity index (χ2n) is 7.14. The van der Waals surface area contributed by atoms with E-state index in [-0.39, 0.29) is 35.9 Å². The van der Waals surface area contributed by atoms with Gasteiger partial charge < -0.3 is 15.3 Å². The zero-order chi connectivity index (χ0) is 18.7. The molecule has 0 bridgehead atoms. The Morgan fingerprint density at radius 3 is 2.60 bits per heavy atom. The minimum atomic E-state index is -0.761. The molecule has 0 radical (unpaired) electrons. The summed E-state index contributed by atoms with van der Waals surface area (Å²) >= 11 is 1.54. The predicted molar refractivity (Wildman–Crippen MR) is 101 cm³/mol. The van der Waals surface area contributed by atoms with Crippen LogP contribution in [-0.2, 0) is 9.59 Å². The van der Waals surface area contributed by atoms with E-state index >= 15 is 0 Å². The van der Waals surface area contributed by atoms with Crippen LogP contribution in [-0.4, -0.2) is 50.3 Å². The van der Waals surface area contributed by atoms with Gasteiger partial charge in [-0.15, -0.1) is 0 Å². The second kappa shape index (κ2) is 12.7. The van der Waals surface area contributed by atoms with Crippen LogP contribution < -0.4 is 0 Å². The third-order valence-corrected chi connectivity index (χ3v) is 6.48. The van der Waals surface area contributed by atoms with Gasteiger partial charge in [-0.2, -0.15) is 11.8 Å². The number of hydrogen-bond donors (Lipinski definition) is 3. The van der Waals surface area contributed by atoms with E-state index in [9.17, 15) is 19.8 Å². The molecule has 2 unspecified atom stereocenters. The van der Waals surface area contributed by atoms with Crippen molar-refractivity contribution < 1.29 is 24.9 Å². The molecule has 6 heteroatoms. The largest absolute Gasteiger partial charge is 0.481 e. The number of unbranched alkanes of at least 4 members (excludes halogenated alkanes) is 5. The van der Waals surface area contributed by atoms with Crippen LogP contribution in [0.25, 0.3) is 0 Å². The molecule has 1 rings (SSSR count). The van der Waals surface area contributed by atoms with Crippen LogP contribution in [0.1, 0.15) is 77.6 Å². The molecule has 0 aromatic rings. The number of carboxylic acids is 1. The third kappa shape index (κ3) is 9.06. The Morgan fingerprint density at radius 2 is 1.92 bits per heavy atom. The lowest BCUT2D eigenvalue weighted by atomic mass is 9.98. The first kappa shape index (κ1) is 22.5. The van der Waals surface area contributed by atoms with Gasteiger partial charge in [-0.25, -0.2) is 0 Å². The zero-order valence-electron chi connectivity index (χ0n) is 15.4. The molecule has 1 fully saturated rings. The SMILES string of the molecule is CCCCCC(O)CS[C@H]1C(O)CC(=O)[C@@H]1CCCCCCC(=O)O. The molecule has 5 nitrogen and oxygen atoms in total. The Bertz CT molecular complexity index is 401. The van der Waals surface area contributed by atoms with Crippen molar-refractivity contribution in [1.29, 1.82) is 0 Å². The van der Waals surface area contributed by atoms with Gasteiger partial charge in [0, 0.05) is 29.8 Å². The Kier molecular flexibility index (Phi) is 11.4. The molecule has 146 valence electrons. The number of aliphatic hydroxyl groups excluding tert-OH is 2. The molecule has 1 aliphatic carbocycles. The lowest BCUT2D eigenvalue weighted by molar-refractivity contribution is -0.137. The maximum atomic E-state index is 12.1. The standard InChI is InChI=1S/C19H34O5S/c1-2-3-6-9-14(20)13-25-19-15(16(21)12-17(19)22)10-7-4-5-8-11-18(23)24/h14-15,17,19-20,22H,2-13H2,1H3,(H,23,24)/t14?,15-,17?,19+/m0/s1. The summed E-state index contributed by atoms with van der Waals surface area (Å²) in [5.41, 5.74) is 0. The Hall–Kier alpha value is -0.590. The van der Waals surface area contributed by atoms with E-state index in [4.69, 9.17) is 5.11 Å². The normalized spacial score (nSPS) is 24.6. The van der Waals surface area contributed by atoms with E-state index in [0.29, 0.717) is 12.2 Å². The van der Waals surface area contributed by atoms with Gasteiger partial charge in [0.25, 0.3) is 0 Å². The number of aliphatic carboxylic acids is 1. The van der Waals surface area contributed by atoms with Gasteiger partial charge in [0.2, 0.25) is 0 Å². The van der Waals surface area contributed by atoms with Crippen LogP contribution in [0.5, 0.6) is 0 Å². The van der Waals surface area contributed by atoms with E-state index in [1.165, 1.54) is 0 Å². The number of thioether (sulfide) groups is 1. The van der Waals surface area contributed by atoms with Crippen molar-refractivity contribution in [2.24, 2.45) is 5.92 Å². The van der Waals surface area contributed by atoms with Crippen LogP contribution in [0.4, 0.5) is 0 Å². The van der Waals surface area contributed by atoms with E-state index in [1.807, 2.05) is 0 Å². The smallest absolute Gasteiger partial charge is 0.303 e. The molecule has 4 atom stereocenters. The Morgan fingerprint density at radius 1 is 1.20 bits per heavy atom. The molecule has 0 saturated heterocycles. The summed E-state index contributed by atoms with van der Waals surface area (Å²) in [4.78, 5) is 22.6. The molecule has 0 aromatic heterocycles. The first-order chi connectivity index (χ1) is 12.0. The molecule has 0 aromatic carbocycles. The number of carbonyl (C=O) groups excluding carboxylic acids is 1. The lowest BCUT2D eigenvalue weighted by Crippen LogP contribution is -2.26. The molecule has 1 aliphatic rings. The van der Waals surface area contributed by atoms with Crippen molar-refractivity contribution in [3.8, 4) is 0 Å². The molecule has 0 heterocycles. The van der Waals surface area contributed by atoms with Gasteiger partial charge >= 0.3 is 5.97 Å². The predicted octanol–water partition coefficient (Wildman–Crippen LogP) is 3.40. The third-order valence-electron chi connectivity index (χ3n) is 4.88. The molecule has 0 spiro atoms. The summed E-state index contributed by atoms with van der Waals surface area (Å²) in [5, 5.41) is 28.7. The zero-order valence-corrected chi connectivity index (χ0v) is 16.2. The van der Waals surface area contributed by atoms with Crippen LogP contribution in [0.15, 0.2) is 0 Å². The van der Waals surface area contributed by atoms with Gasteiger partial charge in [0.1, 0.15) is 5.78 Å². The van der Waals surface area contributed by atoms with Gasteiger partial charge in [-0.3, -0.25) is 9.59 Å². The van der Waals surface area contributed by atoms with Crippen LogP contribution in [0.2, 0.25) is 0 Å². The monoisotopic (exact) mass is 374 g/mol. The highest BCUT2D eigenvalue weighted by atomic mass is 32.2. The molecule has 0 aliphatic heterocycles. The Labute approximate surface area is 155 Å². The van der Waals surface area contributed by atoms with Gasteiger partial charge in [0.05, 0.1) is 12.2 Å². The lowest BCUT2D eigenvalue weighted by Gasteiger charge is -2.22. The fourth-order valence-electron chi connectivity index (χ4n) is 3.41. The van der Waals surface area contributed by atoms with Gasteiger partial charge in [-0.1, -0.05) is 45.4 Å². The first-order valence-corrected chi connectivity index (χ1v) is 10.7. The van der Waals surface area contributed by atoms with Crippen molar-refractivity contribution >= 4 is 23.5 Å². The summed E-state index contributed by atoms with van der Waals surface area (Å²) in [6, 6.07) is 0. The molecular formula is C19H34O5S. The van der Waals surface area contributed by atoms with E-state index < -0.39 is 12.1 Å². The minimum absolute atomic E-state index is 0.104. The number of Topliss-reactive ketones (excluding diaryl/α,β-unsaturated/α-hetero) is 1. The summed E-state index contributed by atoms with van der Waals surface area (Å²) in [7, 11) is 0. The van der Waals surface area contributed by atoms with E-state index in [0.717, 1.165) is 51.4 Å². The summed E-state index contributed by atoms with van der Waals surface area (Å²) in [5.74, 6) is -0.172. The maximum absolute atomic E-state index is 12.1. The molecule has 0 amide bonds. The van der Waals surface area contributed by atoms with Crippen LogP contribution >= 0.6 is 11.8 Å². The Balaban J connectivity index is 2.30. The van der Waals surface area contributed by atoms with Crippen LogP contribution in [0.3, 0.4) is 0 Å². The fourth-order valence-corrected chi connectivity index (χ4v) is 4.86. The highest BCUT2D eigenvalue weighted by Gasteiger charge is 2.41. The van der Waals surface area contributed by atoms with Crippen molar-refractivity contribution in [3.05, 3.63) is 0 Å². The first-order valence-electron chi connectivity index (χ1n) is 9.68. The molecule has 3 N–H and O–H groups in total. The molecular weight excluding hydrogens is 340 g/mol. The van der Waals surface area contributed by atoms with Crippen molar-refractivity contribution in [1.82, 2.24) is 0 Å². The van der Waals surface area contributed by atoms with Gasteiger partial charge in [0.15, 0.2) is 0 Å². The molecule has 1 saturated carbocycles. The highest BCUT2D eigenvalue weighted by molar-refractivity contribution is 8.00. The topological polar surface area (TPSA) is 94.8 Å². The number of rotatable bonds is 14. The van der Waals surface area contributed by atoms with Gasteiger partial charge in [-0.05, 0) is 19.3 Å². The van der Waals surface area contributed by atoms with Crippen molar-refractivity contribution in [2.45, 2.75) is 95.0 Å². The van der Waals surface area contributed by atoms with E-state index in [1.54, 1.807) is 11.8 Å². The number of carboxylic acid groups (broad SMARTS) is 1. The highest BCUT2D eigenvalue weighted by Crippen LogP contribution is 2.36. The summed E-state index contributed by atoms with van der Waals surface area (Å²) < 4.78 is 0. The number of aliphatic hydroxyl groups is 2. The average Bonchev–Trinajstić information content (AvgIpc) is 2.82. The summed E-state index contributed by atoms with van der Waals surface area (Å²) in [6.45, 7) is 2.13. The maximum Gasteiger partial charge on any atom is 0.303 e. The van der Waals surface area contributed by atoms with Crippen molar-refractivity contribution in [3.63, 3.8) is 0 Å². The van der Waals surface area contributed by atoms with E-state index in [2.05, 4.69) is 6.92 Å².